The molecule has 0 amide bonds. The molecule has 1 rings (SSSR count). The topological polar surface area (TPSA) is 58.0 Å². The van der Waals surface area contributed by atoms with Gasteiger partial charge < -0.3 is 10.4 Å². The molecule has 1 atom stereocenters. The molecule has 1 unspecified atom stereocenters. The molecule has 20 heavy (non-hydrogen) atoms. The van der Waals surface area contributed by atoms with Gasteiger partial charge in [-0.2, -0.15) is 13.2 Å². The highest BCUT2D eigenvalue weighted by Gasteiger charge is 2.33. The van der Waals surface area contributed by atoms with Crippen molar-refractivity contribution >= 4 is 17.4 Å². The van der Waals surface area contributed by atoms with Gasteiger partial charge in [-0.25, -0.2) is 9.97 Å². The van der Waals surface area contributed by atoms with Crippen LogP contribution in [0.1, 0.15) is 32.4 Å². The van der Waals surface area contributed by atoms with Crippen molar-refractivity contribution in [1.29, 1.82) is 0 Å². The number of aliphatic hydroxyl groups is 1. The van der Waals surface area contributed by atoms with E-state index in [1.54, 1.807) is 0 Å². The van der Waals surface area contributed by atoms with Crippen LogP contribution in [0.5, 0.6) is 0 Å². The van der Waals surface area contributed by atoms with Gasteiger partial charge in [-0.15, -0.1) is 0 Å². The van der Waals surface area contributed by atoms with Crippen LogP contribution in [0.2, 0.25) is 5.28 Å². The molecule has 2 N–H and O–H groups in total. The third kappa shape index (κ3) is 4.79. The van der Waals surface area contributed by atoms with E-state index in [1.165, 1.54) is 0 Å². The standard InChI is InChI=1S/C12H17ClF3N3O/c1-3-7(4-2)8(20)6-17-10-5-9(12(14,15)16)18-11(13)19-10/h5,7-8,20H,3-4,6H2,1-2H3,(H,17,18,19). The second-order valence-electron chi connectivity index (χ2n) is 4.43. The SMILES string of the molecule is CCC(CC)C(O)CNc1cc(C(F)(F)F)nc(Cl)n1. The number of aromatic nitrogens is 2. The van der Waals surface area contributed by atoms with Gasteiger partial charge in [0.25, 0.3) is 0 Å². The minimum atomic E-state index is -4.59. The van der Waals surface area contributed by atoms with Crippen molar-refractivity contribution in [2.75, 3.05) is 11.9 Å². The Morgan fingerprint density at radius 2 is 1.90 bits per heavy atom. The summed E-state index contributed by atoms with van der Waals surface area (Å²) >= 11 is 5.46. The van der Waals surface area contributed by atoms with Crippen LogP contribution in [-0.4, -0.2) is 27.7 Å². The fraction of sp³-hybridized carbons (Fsp3) is 0.667. The van der Waals surface area contributed by atoms with Crippen LogP contribution in [0.15, 0.2) is 6.07 Å². The van der Waals surface area contributed by atoms with E-state index in [0.29, 0.717) is 0 Å². The maximum atomic E-state index is 12.6. The van der Waals surface area contributed by atoms with Crippen LogP contribution in [0, 0.1) is 5.92 Å². The number of halogens is 4. The van der Waals surface area contributed by atoms with Crippen molar-refractivity contribution in [2.45, 2.75) is 39.0 Å². The summed E-state index contributed by atoms with van der Waals surface area (Å²) in [5.41, 5.74) is -1.11. The van der Waals surface area contributed by atoms with Gasteiger partial charge in [-0.3, -0.25) is 0 Å². The van der Waals surface area contributed by atoms with Crippen LogP contribution in [0.4, 0.5) is 19.0 Å². The molecule has 1 heterocycles. The molecule has 0 aliphatic rings. The average Bonchev–Trinajstić information content (AvgIpc) is 2.36. The first kappa shape index (κ1) is 17.0. The lowest BCUT2D eigenvalue weighted by atomic mass is 9.97. The van der Waals surface area contributed by atoms with Crippen molar-refractivity contribution in [3.8, 4) is 0 Å². The number of rotatable bonds is 6. The third-order valence-electron chi connectivity index (χ3n) is 3.07. The molecule has 4 nitrogen and oxygen atoms in total. The fourth-order valence-corrected chi connectivity index (χ4v) is 2.04. The second-order valence-corrected chi connectivity index (χ2v) is 4.77. The zero-order valence-corrected chi connectivity index (χ0v) is 12.0. The number of nitrogens with zero attached hydrogens (tertiary/aromatic N) is 2. The first-order chi connectivity index (χ1) is 9.27. The summed E-state index contributed by atoms with van der Waals surface area (Å²) in [6.07, 6.45) is -3.67. The smallest absolute Gasteiger partial charge is 0.391 e. The largest absolute Gasteiger partial charge is 0.433 e. The molecular weight excluding hydrogens is 295 g/mol. The highest BCUT2D eigenvalue weighted by Crippen LogP contribution is 2.29. The van der Waals surface area contributed by atoms with Crippen LogP contribution >= 0.6 is 11.6 Å². The van der Waals surface area contributed by atoms with E-state index < -0.39 is 23.3 Å². The first-order valence-electron chi connectivity index (χ1n) is 6.31. The minimum absolute atomic E-state index is 0.0534. The van der Waals surface area contributed by atoms with E-state index in [4.69, 9.17) is 11.6 Å². The Hall–Kier alpha value is -1.08. The highest BCUT2D eigenvalue weighted by atomic mass is 35.5. The lowest BCUT2D eigenvalue weighted by Gasteiger charge is -2.20. The van der Waals surface area contributed by atoms with Crippen LogP contribution < -0.4 is 5.32 Å². The molecule has 1 aromatic rings. The van der Waals surface area contributed by atoms with Crippen LogP contribution in [-0.2, 0) is 6.18 Å². The predicted octanol–water partition coefficient (Wildman–Crippen LogP) is 3.36. The summed E-state index contributed by atoms with van der Waals surface area (Å²) < 4.78 is 37.7. The van der Waals surface area contributed by atoms with Crippen molar-refractivity contribution < 1.29 is 18.3 Å². The second kappa shape index (κ2) is 7.08. The van der Waals surface area contributed by atoms with Crippen molar-refractivity contribution in [3.05, 3.63) is 17.0 Å². The Bertz CT molecular complexity index is 438. The lowest BCUT2D eigenvalue weighted by molar-refractivity contribution is -0.141. The number of hydrogen-bond donors (Lipinski definition) is 2. The van der Waals surface area contributed by atoms with E-state index in [9.17, 15) is 18.3 Å². The predicted molar refractivity (Wildman–Crippen MR) is 70.6 cm³/mol. The molecule has 114 valence electrons. The molecule has 0 fully saturated rings. The summed E-state index contributed by atoms with van der Waals surface area (Å²) in [4.78, 5) is 6.79. The number of anilines is 1. The first-order valence-corrected chi connectivity index (χ1v) is 6.69. The monoisotopic (exact) mass is 311 g/mol. The molecule has 0 bridgehead atoms. The normalized spacial score (nSPS) is 13.6. The van der Waals surface area contributed by atoms with Gasteiger partial charge in [-0.1, -0.05) is 26.7 Å². The maximum Gasteiger partial charge on any atom is 0.433 e. The number of aliphatic hydroxyl groups excluding tert-OH is 1. The van der Waals surface area contributed by atoms with Gasteiger partial charge in [-0.05, 0) is 17.5 Å². The molecule has 0 aliphatic heterocycles. The van der Waals surface area contributed by atoms with E-state index in [2.05, 4.69) is 15.3 Å². The highest BCUT2D eigenvalue weighted by molar-refractivity contribution is 6.28. The van der Waals surface area contributed by atoms with E-state index >= 15 is 0 Å². The van der Waals surface area contributed by atoms with Gasteiger partial charge in [0.1, 0.15) is 5.82 Å². The van der Waals surface area contributed by atoms with Gasteiger partial charge in [0.15, 0.2) is 5.69 Å². The summed E-state index contributed by atoms with van der Waals surface area (Å²) in [5.74, 6) is 0.0317. The Morgan fingerprint density at radius 1 is 1.30 bits per heavy atom. The van der Waals surface area contributed by atoms with E-state index in [0.717, 1.165) is 18.9 Å². The van der Waals surface area contributed by atoms with Crippen molar-refractivity contribution in [3.63, 3.8) is 0 Å². The lowest BCUT2D eigenvalue weighted by Crippen LogP contribution is -2.28. The van der Waals surface area contributed by atoms with Crippen molar-refractivity contribution in [1.82, 2.24) is 9.97 Å². The third-order valence-corrected chi connectivity index (χ3v) is 3.24. The molecule has 8 heteroatoms. The molecule has 0 saturated heterocycles. The van der Waals surface area contributed by atoms with Crippen LogP contribution in [0.3, 0.4) is 0 Å². The van der Waals surface area contributed by atoms with Crippen LogP contribution in [0.25, 0.3) is 0 Å². The van der Waals surface area contributed by atoms with Gasteiger partial charge in [0.2, 0.25) is 5.28 Å². The quantitative estimate of drug-likeness (QED) is 0.791. The molecule has 0 aliphatic carbocycles. The number of alkyl halides is 3. The molecule has 0 spiro atoms. The summed E-state index contributed by atoms with van der Waals surface area (Å²) in [6.45, 7) is 4.00. The van der Waals surface area contributed by atoms with Gasteiger partial charge >= 0.3 is 6.18 Å². The summed E-state index contributed by atoms with van der Waals surface area (Å²) in [6, 6.07) is 0.769. The molecule has 0 radical (unpaired) electrons. The van der Waals surface area contributed by atoms with E-state index in [-0.39, 0.29) is 18.3 Å². The Labute approximate surface area is 120 Å². The zero-order chi connectivity index (χ0) is 15.3. The average molecular weight is 312 g/mol. The zero-order valence-electron chi connectivity index (χ0n) is 11.2. The summed E-state index contributed by atoms with van der Waals surface area (Å²) in [5, 5.41) is 12.1. The number of hydrogen-bond acceptors (Lipinski definition) is 4. The molecule has 0 saturated carbocycles. The molecule has 1 aromatic heterocycles. The van der Waals surface area contributed by atoms with E-state index in [1.807, 2.05) is 13.8 Å². The number of nitrogens with one attached hydrogen (secondary N) is 1. The fourth-order valence-electron chi connectivity index (χ4n) is 1.86. The maximum absolute atomic E-state index is 12.6. The van der Waals surface area contributed by atoms with Gasteiger partial charge in [0.05, 0.1) is 6.10 Å². The minimum Gasteiger partial charge on any atom is -0.391 e. The Kier molecular flexibility index (Phi) is 6.01. The van der Waals surface area contributed by atoms with Crippen molar-refractivity contribution in [2.24, 2.45) is 5.92 Å². The van der Waals surface area contributed by atoms with Gasteiger partial charge in [0, 0.05) is 12.6 Å². The molecule has 0 aromatic carbocycles. The summed E-state index contributed by atoms with van der Waals surface area (Å²) in [7, 11) is 0. The Morgan fingerprint density at radius 3 is 2.40 bits per heavy atom. The molecular formula is C12H17ClF3N3O. The Balaban J connectivity index is 2.76.